The number of benzene rings is 2. The van der Waals surface area contributed by atoms with Gasteiger partial charge >= 0.3 is 12.1 Å². The molecular formula is C26H33FN2O6. The lowest BCUT2D eigenvalue weighted by molar-refractivity contribution is -0.157. The van der Waals surface area contributed by atoms with Crippen molar-refractivity contribution in [1.82, 2.24) is 10.2 Å². The first-order valence-corrected chi connectivity index (χ1v) is 11.2. The first kappa shape index (κ1) is 27.8. The van der Waals surface area contributed by atoms with Crippen molar-refractivity contribution < 1.29 is 33.0 Å². The third-order valence-corrected chi connectivity index (χ3v) is 4.89. The van der Waals surface area contributed by atoms with Crippen molar-refractivity contribution in [3.63, 3.8) is 0 Å². The predicted molar refractivity (Wildman–Crippen MR) is 128 cm³/mol. The zero-order chi connectivity index (χ0) is 26.0. The summed E-state index contributed by atoms with van der Waals surface area (Å²) in [4.78, 5) is 39.6. The topological polar surface area (TPSA) is 94.2 Å². The summed E-state index contributed by atoms with van der Waals surface area (Å²) >= 11 is 0. The highest BCUT2D eigenvalue weighted by Gasteiger charge is 2.34. The van der Waals surface area contributed by atoms with Gasteiger partial charge in [-0.1, -0.05) is 42.5 Å². The van der Waals surface area contributed by atoms with E-state index >= 15 is 0 Å². The van der Waals surface area contributed by atoms with Crippen LogP contribution in [0, 0.1) is 5.82 Å². The van der Waals surface area contributed by atoms with E-state index in [0.717, 1.165) is 5.56 Å². The largest absolute Gasteiger partial charge is 0.467 e. The second kappa shape index (κ2) is 12.9. The van der Waals surface area contributed by atoms with Crippen LogP contribution in [0.3, 0.4) is 0 Å². The van der Waals surface area contributed by atoms with Crippen LogP contribution in [-0.2, 0) is 37.0 Å². The summed E-state index contributed by atoms with van der Waals surface area (Å²) in [7, 11) is 1.22. The summed E-state index contributed by atoms with van der Waals surface area (Å²) in [5, 5.41) is 2.50. The van der Waals surface area contributed by atoms with E-state index in [0.29, 0.717) is 5.56 Å². The number of hydrogen-bond acceptors (Lipinski definition) is 6. The van der Waals surface area contributed by atoms with E-state index in [9.17, 15) is 18.8 Å². The van der Waals surface area contributed by atoms with Gasteiger partial charge in [-0.3, -0.25) is 4.79 Å². The van der Waals surface area contributed by atoms with Crippen LogP contribution in [0.4, 0.5) is 9.18 Å². The number of hydrogen-bond donors (Lipinski definition) is 1. The van der Waals surface area contributed by atoms with Gasteiger partial charge in [0, 0.05) is 6.54 Å². The summed E-state index contributed by atoms with van der Waals surface area (Å²) in [6, 6.07) is 12.8. The lowest BCUT2D eigenvalue weighted by Gasteiger charge is -2.32. The molecule has 9 heteroatoms. The molecule has 8 nitrogen and oxygen atoms in total. The number of ether oxygens (including phenoxy) is 3. The summed E-state index contributed by atoms with van der Waals surface area (Å²) in [6.07, 6.45) is -0.768. The monoisotopic (exact) mass is 488 g/mol. The van der Waals surface area contributed by atoms with E-state index < -0.39 is 41.5 Å². The minimum atomic E-state index is -1.11. The number of methoxy groups -OCH3 is 1. The Hall–Kier alpha value is -3.46. The maximum Gasteiger partial charge on any atom is 0.408 e. The molecule has 0 aromatic heterocycles. The minimum absolute atomic E-state index is 0.0338. The minimum Gasteiger partial charge on any atom is -0.467 e. The van der Waals surface area contributed by atoms with Crippen molar-refractivity contribution in [3.8, 4) is 0 Å². The third-order valence-electron chi connectivity index (χ3n) is 4.89. The van der Waals surface area contributed by atoms with Crippen LogP contribution < -0.4 is 5.32 Å². The number of esters is 1. The molecule has 0 aliphatic rings. The highest BCUT2D eigenvalue weighted by molar-refractivity contribution is 5.89. The summed E-state index contributed by atoms with van der Waals surface area (Å²) in [6.45, 7) is 6.65. The van der Waals surface area contributed by atoms with Crippen LogP contribution in [0.2, 0.25) is 0 Å². The van der Waals surface area contributed by atoms with E-state index in [1.54, 1.807) is 20.8 Å². The van der Waals surface area contributed by atoms with Gasteiger partial charge in [-0.15, -0.1) is 0 Å². The predicted octanol–water partition coefficient (Wildman–Crippen LogP) is 3.83. The number of halogens is 1. The van der Waals surface area contributed by atoms with Gasteiger partial charge < -0.3 is 24.4 Å². The number of carbonyl (C=O) groups is 3. The lowest BCUT2D eigenvalue weighted by Crippen LogP contribution is -2.54. The number of carbonyl (C=O) groups excluding carboxylic acids is 3. The zero-order valence-corrected chi connectivity index (χ0v) is 20.7. The molecule has 0 saturated carbocycles. The Morgan fingerprint density at radius 2 is 1.63 bits per heavy atom. The Labute approximate surface area is 205 Å². The molecular weight excluding hydrogens is 455 g/mol. The molecule has 2 rings (SSSR count). The van der Waals surface area contributed by atoms with E-state index in [-0.39, 0.29) is 19.8 Å². The van der Waals surface area contributed by atoms with E-state index in [2.05, 4.69) is 5.32 Å². The quantitative estimate of drug-likeness (QED) is 0.511. The summed E-state index contributed by atoms with van der Waals surface area (Å²) in [5.74, 6) is -1.67. The molecule has 0 fully saturated rings. The van der Waals surface area contributed by atoms with Crippen molar-refractivity contribution in [2.75, 3.05) is 13.7 Å². The van der Waals surface area contributed by atoms with Crippen LogP contribution in [0.1, 0.15) is 38.8 Å². The number of amides is 2. The maximum absolute atomic E-state index is 13.4. The zero-order valence-electron chi connectivity index (χ0n) is 20.7. The van der Waals surface area contributed by atoms with Crippen molar-refractivity contribution in [2.45, 2.75) is 58.5 Å². The molecule has 190 valence electrons. The first-order valence-electron chi connectivity index (χ1n) is 11.2. The van der Waals surface area contributed by atoms with E-state index in [1.807, 2.05) is 30.3 Å². The highest BCUT2D eigenvalue weighted by Crippen LogP contribution is 2.15. The van der Waals surface area contributed by atoms with Crippen LogP contribution in [0.15, 0.2) is 54.6 Å². The molecule has 2 aromatic rings. The number of nitrogens with one attached hydrogen (secondary N) is 1. The molecule has 35 heavy (non-hydrogen) atoms. The molecule has 2 amide bonds. The smallest absolute Gasteiger partial charge is 0.408 e. The Bertz CT molecular complexity index is 976. The van der Waals surface area contributed by atoms with E-state index in [1.165, 1.54) is 43.2 Å². The Morgan fingerprint density at radius 3 is 2.20 bits per heavy atom. The van der Waals surface area contributed by atoms with Gasteiger partial charge in [0.1, 0.15) is 17.5 Å². The Morgan fingerprint density at radius 1 is 1.00 bits per heavy atom. The molecule has 0 aliphatic heterocycles. The molecule has 0 saturated heterocycles. The average Bonchev–Trinajstić information content (AvgIpc) is 2.80. The van der Waals surface area contributed by atoms with Gasteiger partial charge in [-0.05, 0) is 51.0 Å². The maximum atomic E-state index is 13.4. The number of alkyl carbamates (subject to hydrolysis) is 1. The second-order valence-corrected chi connectivity index (χ2v) is 9.00. The summed E-state index contributed by atoms with van der Waals surface area (Å²) < 4.78 is 29.4. The van der Waals surface area contributed by atoms with Crippen LogP contribution in [0.5, 0.6) is 0 Å². The molecule has 0 radical (unpaired) electrons. The fraction of sp³-hybridized carbons (Fsp3) is 0.423. The average molecular weight is 489 g/mol. The molecule has 1 N–H and O–H groups in total. The molecule has 0 heterocycles. The molecule has 2 aromatic carbocycles. The fourth-order valence-electron chi connectivity index (χ4n) is 3.21. The van der Waals surface area contributed by atoms with Gasteiger partial charge in [0.15, 0.2) is 6.04 Å². The van der Waals surface area contributed by atoms with E-state index in [4.69, 9.17) is 14.2 Å². The van der Waals surface area contributed by atoms with Gasteiger partial charge in [-0.25, -0.2) is 14.0 Å². The van der Waals surface area contributed by atoms with Gasteiger partial charge in [0.2, 0.25) is 5.91 Å². The fourth-order valence-corrected chi connectivity index (χ4v) is 3.21. The normalized spacial score (nSPS) is 12.9. The molecule has 0 aliphatic carbocycles. The second-order valence-electron chi connectivity index (χ2n) is 9.00. The van der Waals surface area contributed by atoms with Crippen LogP contribution in [0.25, 0.3) is 0 Å². The third kappa shape index (κ3) is 9.36. The molecule has 0 spiro atoms. The van der Waals surface area contributed by atoms with Gasteiger partial charge in [0.25, 0.3) is 0 Å². The molecule has 0 bridgehead atoms. The molecule has 2 atom stereocenters. The van der Waals surface area contributed by atoms with Crippen molar-refractivity contribution in [1.29, 1.82) is 0 Å². The number of rotatable bonds is 10. The van der Waals surface area contributed by atoms with Gasteiger partial charge in [0.05, 0.1) is 20.3 Å². The van der Waals surface area contributed by atoms with Gasteiger partial charge in [-0.2, -0.15) is 0 Å². The number of nitrogens with zero attached hydrogens (tertiary/aromatic N) is 1. The molecule has 0 unspecified atom stereocenters. The lowest BCUT2D eigenvalue weighted by atomic mass is 10.1. The van der Waals surface area contributed by atoms with Crippen molar-refractivity contribution in [3.05, 3.63) is 71.5 Å². The Balaban J connectivity index is 2.25. The first-order chi connectivity index (χ1) is 16.5. The van der Waals surface area contributed by atoms with Crippen molar-refractivity contribution in [2.24, 2.45) is 0 Å². The standard InChI is InChI=1S/C26H33FN2O6/c1-18(28-25(32)35-26(2,3)4)23(30)29(15-19-11-13-21(27)14-12-19)22(24(31)33-5)17-34-16-20-9-7-6-8-10-20/h6-14,18,22H,15-17H2,1-5H3,(H,28,32)/t18-,22+/m0/s1. The Kier molecular flexibility index (Phi) is 10.2. The SMILES string of the molecule is COC(=O)[C@@H](COCc1ccccc1)N(Cc1ccc(F)cc1)C(=O)[C@H](C)NC(=O)OC(C)(C)C. The van der Waals surface area contributed by atoms with Crippen LogP contribution in [-0.4, -0.2) is 54.3 Å². The summed E-state index contributed by atoms with van der Waals surface area (Å²) in [5.41, 5.74) is 0.731. The van der Waals surface area contributed by atoms with Crippen molar-refractivity contribution >= 4 is 18.0 Å². The van der Waals surface area contributed by atoms with Crippen LogP contribution >= 0.6 is 0 Å². The highest BCUT2D eigenvalue weighted by atomic mass is 19.1.